The molecule has 0 aliphatic carbocycles. The first kappa shape index (κ1) is 15.4. The Labute approximate surface area is 134 Å². The molecular formula is C19H18FNO2. The highest BCUT2D eigenvalue weighted by molar-refractivity contribution is 6.01. The Morgan fingerprint density at radius 2 is 1.78 bits per heavy atom. The summed E-state index contributed by atoms with van der Waals surface area (Å²) in [6.45, 7) is 2.01. The highest BCUT2D eigenvalue weighted by Gasteiger charge is 2.30. The van der Waals surface area contributed by atoms with E-state index >= 15 is 0 Å². The summed E-state index contributed by atoms with van der Waals surface area (Å²) in [5.41, 5.74) is 2.55. The van der Waals surface area contributed by atoms with E-state index in [1.54, 1.807) is 4.90 Å². The minimum absolute atomic E-state index is 0.0436. The van der Waals surface area contributed by atoms with Crippen molar-refractivity contribution in [3.05, 3.63) is 65.5 Å². The van der Waals surface area contributed by atoms with Crippen LogP contribution in [0.5, 0.6) is 0 Å². The van der Waals surface area contributed by atoms with Crippen LogP contribution in [-0.2, 0) is 11.2 Å². The quantitative estimate of drug-likeness (QED) is 0.806. The lowest BCUT2D eigenvalue weighted by Crippen LogP contribution is -2.35. The van der Waals surface area contributed by atoms with Crippen molar-refractivity contribution in [1.82, 2.24) is 0 Å². The Hall–Kier alpha value is -2.49. The van der Waals surface area contributed by atoms with Crippen LogP contribution in [0.25, 0.3) is 0 Å². The summed E-state index contributed by atoms with van der Waals surface area (Å²) in [6.07, 6.45) is 1.14. The molecule has 4 heteroatoms. The third-order valence-electron chi connectivity index (χ3n) is 4.21. The molecule has 0 bridgehead atoms. The van der Waals surface area contributed by atoms with E-state index in [2.05, 4.69) is 0 Å². The molecule has 3 nitrogen and oxygen atoms in total. The van der Waals surface area contributed by atoms with Gasteiger partial charge in [-0.2, -0.15) is 0 Å². The van der Waals surface area contributed by atoms with Crippen LogP contribution in [0.1, 0.15) is 35.7 Å². The summed E-state index contributed by atoms with van der Waals surface area (Å²) in [5.74, 6) is -0.559. The average Bonchev–Trinajstić information content (AvgIpc) is 2.88. The number of carbonyl (C=O) groups is 2. The number of benzene rings is 2. The van der Waals surface area contributed by atoms with Crippen LogP contribution < -0.4 is 4.90 Å². The molecule has 3 rings (SSSR count). The van der Waals surface area contributed by atoms with Gasteiger partial charge in [-0.15, -0.1) is 0 Å². The molecule has 0 radical (unpaired) electrons. The van der Waals surface area contributed by atoms with Crippen molar-refractivity contribution in [1.29, 1.82) is 0 Å². The first-order chi connectivity index (χ1) is 11.1. The molecule has 2 aromatic carbocycles. The van der Waals surface area contributed by atoms with Gasteiger partial charge in [0.2, 0.25) is 5.91 Å². The molecule has 1 amide bonds. The van der Waals surface area contributed by atoms with E-state index < -0.39 is 0 Å². The smallest absolute Gasteiger partial charge is 0.227 e. The topological polar surface area (TPSA) is 37.4 Å². The summed E-state index contributed by atoms with van der Waals surface area (Å²) in [7, 11) is 0. The second-order valence-electron chi connectivity index (χ2n) is 5.88. The van der Waals surface area contributed by atoms with Crippen molar-refractivity contribution in [2.45, 2.75) is 32.2 Å². The van der Waals surface area contributed by atoms with Crippen molar-refractivity contribution < 1.29 is 14.0 Å². The Bertz CT molecular complexity index is 739. The third kappa shape index (κ3) is 3.16. The number of para-hydroxylation sites is 1. The van der Waals surface area contributed by atoms with Crippen molar-refractivity contribution >= 4 is 17.4 Å². The number of amides is 1. The second-order valence-corrected chi connectivity index (χ2v) is 5.88. The summed E-state index contributed by atoms with van der Waals surface area (Å²) < 4.78 is 12.9. The maximum Gasteiger partial charge on any atom is 0.227 e. The molecule has 23 heavy (non-hydrogen) atoms. The fraction of sp³-hybridized carbons (Fsp3) is 0.263. The van der Waals surface area contributed by atoms with Gasteiger partial charge in [0.15, 0.2) is 5.78 Å². The minimum Gasteiger partial charge on any atom is -0.309 e. The van der Waals surface area contributed by atoms with E-state index in [0.29, 0.717) is 5.56 Å². The van der Waals surface area contributed by atoms with Gasteiger partial charge in [0.1, 0.15) is 5.82 Å². The molecule has 2 aromatic rings. The first-order valence-corrected chi connectivity index (χ1v) is 7.75. The summed E-state index contributed by atoms with van der Waals surface area (Å²) in [5, 5.41) is 0. The third-order valence-corrected chi connectivity index (χ3v) is 4.21. The van der Waals surface area contributed by atoms with Gasteiger partial charge >= 0.3 is 0 Å². The Balaban J connectivity index is 1.66. The SMILES string of the molecule is CC1Cc2ccccc2N1C(=O)CCC(=O)c1ccc(F)cc1. The standard InChI is InChI=1S/C19H18FNO2/c1-13-12-15-4-2-3-5-17(15)21(13)19(23)11-10-18(22)14-6-8-16(20)9-7-14/h2-9,13H,10-12H2,1H3. The van der Waals surface area contributed by atoms with Gasteiger partial charge in [0, 0.05) is 30.1 Å². The molecular weight excluding hydrogens is 293 g/mol. The number of fused-ring (bicyclic) bond motifs is 1. The summed E-state index contributed by atoms with van der Waals surface area (Å²) in [6, 6.07) is 13.4. The van der Waals surface area contributed by atoms with Crippen molar-refractivity contribution in [3.63, 3.8) is 0 Å². The van der Waals surface area contributed by atoms with E-state index in [-0.39, 0.29) is 36.4 Å². The zero-order valence-electron chi connectivity index (χ0n) is 13.0. The van der Waals surface area contributed by atoms with Crippen LogP contribution in [0.3, 0.4) is 0 Å². The summed E-state index contributed by atoms with van der Waals surface area (Å²) >= 11 is 0. The molecule has 0 aromatic heterocycles. The minimum atomic E-state index is -0.375. The number of hydrogen-bond donors (Lipinski definition) is 0. The molecule has 1 aliphatic heterocycles. The largest absolute Gasteiger partial charge is 0.309 e. The molecule has 118 valence electrons. The van der Waals surface area contributed by atoms with Crippen molar-refractivity contribution in [2.24, 2.45) is 0 Å². The van der Waals surface area contributed by atoms with Gasteiger partial charge in [0.05, 0.1) is 0 Å². The van der Waals surface area contributed by atoms with E-state index in [1.807, 2.05) is 31.2 Å². The average molecular weight is 311 g/mol. The number of Topliss-reactive ketones (excluding diaryl/α,β-unsaturated/α-hetero) is 1. The molecule has 1 aliphatic rings. The van der Waals surface area contributed by atoms with E-state index in [9.17, 15) is 14.0 Å². The fourth-order valence-corrected chi connectivity index (χ4v) is 3.07. The lowest BCUT2D eigenvalue weighted by atomic mass is 10.1. The van der Waals surface area contributed by atoms with Gasteiger partial charge in [0.25, 0.3) is 0 Å². The van der Waals surface area contributed by atoms with Crippen LogP contribution in [0.4, 0.5) is 10.1 Å². The van der Waals surface area contributed by atoms with Gasteiger partial charge in [-0.3, -0.25) is 9.59 Å². The number of halogens is 1. The Kier molecular flexibility index (Phi) is 4.24. The lowest BCUT2D eigenvalue weighted by molar-refractivity contribution is -0.118. The zero-order chi connectivity index (χ0) is 16.4. The molecule has 0 fully saturated rings. The van der Waals surface area contributed by atoms with Crippen molar-refractivity contribution in [3.8, 4) is 0 Å². The molecule has 0 N–H and O–H groups in total. The number of carbonyl (C=O) groups excluding carboxylic acids is 2. The molecule has 0 spiro atoms. The normalized spacial score (nSPS) is 16.3. The Morgan fingerprint density at radius 1 is 1.09 bits per heavy atom. The molecule has 1 unspecified atom stereocenters. The predicted octanol–water partition coefficient (Wildman–Crippen LogP) is 3.77. The highest BCUT2D eigenvalue weighted by Crippen LogP contribution is 2.32. The predicted molar refractivity (Wildman–Crippen MR) is 87.1 cm³/mol. The van der Waals surface area contributed by atoms with Crippen LogP contribution >= 0.6 is 0 Å². The maximum atomic E-state index is 12.9. The molecule has 0 saturated carbocycles. The zero-order valence-corrected chi connectivity index (χ0v) is 13.0. The monoisotopic (exact) mass is 311 g/mol. The van der Waals surface area contributed by atoms with Gasteiger partial charge in [-0.1, -0.05) is 18.2 Å². The van der Waals surface area contributed by atoms with Crippen LogP contribution in [-0.4, -0.2) is 17.7 Å². The Morgan fingerprint density at radius 3 is 2.52 bits per heavy atom. The van der Waals surface area contributed by atoms with E-state index in [0.717, 1.165) is 12.1 Å². The van der Waals surface area contributed by atoms with Crippen LogP contribution in [0.15, 0.2) is 48.5 Å². The van der Waals surface area contributed by atoms with Crippen LogP contribution in [0, 0.1) is 5.82 Å². The number of rotatable bonds is 4. The molecule has 0 saturated heterocycles. The number of anilines is 1. The van der Waals surface area contributed by atoms with E-state index in [1.165, 1.54) is 29.8 Å². The number of ketones is 1. The number of hydrogen-bond acceptors (Lipinski definition) is 2. The van der Waals surface area contributed by atoms with Gasteiger partial charge < -0.3 is 4.90 Å². The second kappa shape index (κ2) is 6.32. The van der Waals surface area contributed by atoms with E-state index in [4.69, 9.17) is 0 Å². The highest BCUT2D eigenvalue weighted by atomic mass is 19.1. The molecule has 1 atom stereocenters. The molecule has 1 heterocycles. The van der Waals surface area contributed by atoms with Crippen molar-refractivity contribution in [2.75, 3.05) is 4.90 Å². The first-order valence-electron chi connectivity index (χ1n) is 7.75. The van der Waals surface area contributed by atoms with Gasteiger partial charge in [-0.05, 0) is 49.2 Å². The summed E-state index contributed by atoms with van der Waals surface area (Å²) in [4.78, 5) is 26.4. The number of nitrogens with zero attached hydrogens (tertiary/aromatic N) is 1. The van der Waals surface area contributed by atoms with Gasteiger partial charge in [-0.25, -0.2) is 4.39 Å². The fourth-order valence-electron chi connectivity index (χ4n) is 3.07. The maximum absolute atomic E-state index is 12.9. The lowest BCUT2D eigenvalue weighted by Gasteiger charge is -2.22. The van der Waals surface area contributed by atoms with Crippen LogP contribution in [0.2, 0.25) is 0 Å².